The maximum atomic E-state index is 11.3. The Morgan fingerprint density at radius 3 is 1.29 bits per heavy atom. The van der Waals surface area contributed by atoms with Gasteiger partial charge in [0.15, 0.2) is 0 Å². The highest BCUT2D eigenvalue weighted by molar-refractivity contribution is 8.00. The Morgan fingerprint density at radius 2 is 0.868 bits per heavy atom. The number of aromatic hydroxyl groups is 1. The van der Waals surface area contributed by atoms with E-state index in [1.54, 1.807) is 29.6 Å². The van der Waals surface area contributed by atoms with E-state index in [0.29, 0.717) is 0 Å². The van der Waals surface area contributed by atoms with Crippen LogP contribution in [0.25, 0.3) is 11.1 Å². The largest absolute Gasteiger partial charge is 0.507 e. The first-order chi connectivity index (χ1) is 18.4. The maximum Gasteiger partial charge on any atom is 0.339 e. The molecule has 0 radical (unpaired) electrons. The quantitative estimate of drug-likeness (QED) is 0.200. The molecule has 5 aromatic carbocycles. The number of hydrogen-bond acceptors (Lipinski definition) is 5. The fourth-order valence-electron chi connectivity index (χ4n) is 3.77. The molecule has 0 spiro atoms. The molecular formula is C32H24O3S3. The predicted octanol–water partition coefficient (Wildman–Crippen LogP) is 9.52. The van der Waals surface area contributed by atoms with E-state index < -0.39 is 5.97 Å². The van der Waals surface area contributed by atoms with E-state index in [-0.39, 0.29) is 11.3 Å². The van der Waals surface area contributed by atoms with Gasteiger partial charge in [-0.3, -0.25) is 0 Å². The molecule has 38 heavy (non-hydrogen) atoms. The van der Waals surface area contributed by atoms with E-state index >= 15 is 0 Å². The van der Waals surface area contributed by atoms with Gasteiger partial charge in [-0.2, -0.15) is 0 Å². The second kappa shape index (κ2) is 11.9. The Kier molecular flexibility index (Phi) is 8.13. The first-order valence-corrected chi connectivity index (χ1v) is 14.3. The van der Waals surface area contributed by atoms with Crippen molar-refractivity contribution in [3.8, 4) is 16.9 Å². The van der Waals surface area contributed by atoms with Crippen molar-refractivity contribution >= 4 is 41.3 Å². The second-order valence-electron chi connectivity index (χ2n) is 8.62. The van der Waals surface area contributed by atoms with Crippen LogP contribution in [0.3, 0.4) is 0 Å². The summed E-state index contributed by atoms with van der Waals surface area (Å²) in [5.74, 6) is -1.37. The molecule has 0 unspecified atom stereocenters. The summed E-state index contributed by atoms with van der Waals surface area (Å²) in [5, 5.41) is 18.9. The number of aryl methyl sites for hydroxylation is 1. The standard InChI is InChI=1S/C32H24O3S3/c1-21-2-8-24(9-3-21)36-27-14-16-28(17-15-27)37-25-10-4-22(5-11-25)23-6-12-26(13-7-23)38-29-18-19-31(33)30(20-29)32(34)35/h2-20,33H,1H3,(H,34,35). The Labute approximate surface area is 235 Å². The van der Waals surface area contributed by atoms with Crippen molar-refractivity contribution in [2.45, 2.75) is 36.3 Å². The molecule has 0 atom stereocenters. The van der Waals surface area contributed by atoms with Crippen LogP contribution in [-0.2, 0) is 0 Å². The highest BCUT2D eigenvalue weighted by atomic mass is 32.2. The van der Waals surface area contributed by atoms with Gasteiger partial charge < -0.3 is 10.2 Å². The highest BCUT2D eigenvalue weighted by Gasteiger charge is 2.11. The smallest absolute Gasteiger partial charge is 0.339 e. The number of carboxylic acids is 1. The molecule has 0 amide bonds. The van der Waals surface area contributed by atoms with Gasteiger partial charge in [-0.1, -0.05) is 77.2 Å². The SMILES string of the molecule is Cc1ccc(Sc2ccc(Sc3ccc(-c4ccc(Sc5ccc(O)c(C(=O)O)c5)cc4)cc3)cc2)cc1. The van der Waals surface area contributed by atoms with Crippen molar-refractivity contribution < 1.29 is 15.0 Å². The lowest BCUT2D eigenvalue weighted by atomic mass is 10.1. The molecule has 5 rings (SSSR count). The number of carbonyl (C=O) groups is 1. The van der Waals surface area contributed by atoms with Gasteiger partial charge in [-0.15, -0.1) is 0 Å². The van der Waals surface area contributed by atoms with Crippen molar-refractivity contribution in [2.24, 2.45) is 0 Å². The zero-order valence-electron chi connectivity index (χ0n) is 20.5. The third-order valence-electron chi connectivity index (χ3n) is 5.79. The summed E-state index contributed by atoms with van der Waals surface area (Å²) in [4.78, 5) is 17.9. The first kappa shape index (κ1) is 26.0. The lowest BCUT2D eigenvalue weighted by Crippen LogP contribution is -1.96. The zero-order valence-corrected chi connectivity index (χ0v) is 22.9. The van der Waals surface area contributed by atoms with Crippen molar-refractivity contribution in [2.75, 3.05) is 0 Å². The minimum Gasteiger partial charge on any atom is -0.507 e. The summed E-state index contributed by atoms with van der Waals surface area (Å²) in [6, 6.07) is 38.6. The Bertz CT molecular complexity index is 1540. The van der Waals surface area contributed by atoms with E-state index in [1.807, 2.05) is 12.1 Å². The fourth-order valence-corrected chi connectivity index (χ4v) is 6.26. The number of benzene rings is 5. The van der Waals surface area contributed by atoms with E-state index in [0.717, 1.165) is 20.9 Å². The van der Waals surface area contributed by atoms with Crippen LogP contribution in [0.2, 0.25) is 0 Å². The molecule has 0 saturated carbocycles. The molecule has 0 aromatic heterocycles. The maximum absolute atomic E-state index is 11.3. The zero-order chi connectivity index (χ0) is 26.5. The molecule has 2 N–H and O–H groups in total. The summed E-state index contributed by atoms with van der Waals surface area (Å²) in [7, 11) is 0. The Morgan fingerprint density at radius 1 is 0.526 bits per heavy atom. The summed E-state index contributed by atoms with van der Waals surface area (Å²) in [5.41, 5.74) is 3.42. The molecule has 0 aliphatic rings. The molecule has 3 nitrogen and oxygen atoms in total. The average molecular weight is 553 g/mol. The number of carboxylic acid groups (broad SMARTS) is 1. The Balaban J connectivity index is 1.20. The summed E-state index contributed by atoms with van der Waals surface area (Å²) >= 11 is 4.97. The molecule has 0 fully saturated rings. The molecule has 0 bridgehead atoms. The van der Waals surface area contributed by atoms with E-state index in [2.05, 4.69) is 91.9 Å². The lowest BCUT2D eigenvalue weighted by Gasteiger charge is -2.08. The van der Waals surface area contributed by atoms with E-state index in [4.69, 9.17) is 0 Å². The summed E-state index contributed by atoms with van der Waals surface area (Å²) in [6.45, 7) is 2.10. The van der Waals surface area contributed by atoms with Crippen molar-refractivity contribution in [3.63, 3.8) is 0 Å². The summed E-state index contributed by atoms with van der Waals surface area (Å²) < 4.78 is 0. The van der Waals surface area contributed by atoms with Gasteiger partial charge in [0, 0.05) is 29.4 Å². The summed E-state index contributed by atoms with van der Waals surface area (Å²) in [6.07, 6.45) is 0. The van der Waals surface area contributed by atoms with Gasteiger partial charge in [-0.25, -0.2) is 4.79 Å². The number of phenols is 1. The average Bonchev–Trinajstić information content (AvgIpc) is 2.93. The molecule has 0 saturated heterocycles. The van der Waals surface area contributed by atoms with E-state index in [1.165, 1.54) is 49.0 Å². The molecule has 6 heteroatoms. The fraction of sp³-hybridized carbons (Fsp3) is 0.0312. The van der Waals surface area contributed by atoms with Gasteiger partial charge >= 0.3 is 5.97 Å². The highest BCUT2D eigenvalue weighted by Crippen LogP contribution is 2.35. The van der Waals surface area contributed by atoms with Crippen molar-refractivity contribution in [3.05, 3.63) is 126 Å². The van der Waals surface area contributed by atoms with Crippen LogP contribution in [0.1, 0.15) is 15.9 Å². The third kappa shape index (κ3) is 6.64. The molecule has 5 aromatic rings. The van der Waals surface area contributed by atoms with Crippen LogP contribution >= 0.6 is 35.3 Å². The number of aromatic carboxylic acids is 1. The van der Waals surface area contributed by atoms with E-state index in [9.17, 15) is 15.0 Å². The predicted molar refractivity (Wildman–Crippen MR) is 157 cm³/mol. The van der Waals surface area contributed by atoms with Crippen LogP contribution in [0.15, 0.2) is 145 Å². The van der Waals surface area contributed by atoms with Crippen LogP contribution in [0, 0.1) is 6.92 Å². The molecule has 0 heterocycles. The van der Waals surface area contributed by atoms with Crippen molar-refractivity contribution in [1.82, 2.24) is 0 Å². The van der Waals surface area contributed by atoms with Gasteiger partial charge in [0.25, 0.3) is 0 Å². The molecular weight excluding hydrogens is 529 g/mol. The van der Waals surface area contributed by atoms with Crippen molar-refractivity contribution in [1.29, 1.82) is 0 Å². The Hall–Kier alpha value is -3.58. The molecule has 0 aliphatic carbocycles. The van der Waals surface area contributed by atoms with Gasteiger partial charge in [0.1, 0.15) is 11.3 Å². The molecule has 188 valence electrons. The number of hydrogen-bond donors (Lipinski definition) is 2. The minimum atomic E-state index is -1.14. The van der Waals surface area contributed by atoms with Gasteiger partial charge in [0.2, 0.25) is 0 Å². The van der Waals surface area contributed by atoms with Crippen LogP contribution in [-0.4, -0.2) is 16.2 Å². The van der Waals surface area contributed by atoms with Crippen LogP contribution < -0.4 is 0 Å². The normalized spacial score (nSPS) is 10.9. The topological polar surface area (TPSA) is 57.5 Å². The first-order valence-electron chi connectivity index (χ1n) is 11.9. The third-order valence-corrected chi connectivity index (χ3v) is 8.82. The van der Waals surface area contributed by atoms with Crippen LogP contribution in [0.5, 0.6) is 5.75 Å². The lowest BCUT2D eigenvalue weighted by molar-refractivity contribution is 0.0693. The monoisotopic (exact) mass is 552 g/mol. The second-order valence-corrected chi connectivity index (χ2v) is 12.1. The molecule has 0 aliphatic heterocycles. The van der Waals surface area contributed by atoms with Gasteiger partial charge in [0.05, 0.1) is 0 Å². The minimum absolute atomic E-state index is 0.0957. The number of rotatable bonds is 8. The van der Waals surface area contributed by atoms with Gasteiger partial charge in [-0.05, 0) is 96.9 Å². The van der Waals surface area contributed by atoms with Crippen LogP contribution in [0.4, 0.5) is 0 Å².